The molecule has 2 nitrogen and oxygen atoms in total. The minimum Gasteiger partial charge on any atom is -0.311 e. The van der Waals surface area contributed by atoms with Gasteiger partial charge in [0.05, 0.1) is 11.4 Å². The Bertz CT molecular complexity index is 2960. The fourth-order valence-electron chi connectivity index (χ4n) is 10.8. The number of anilines is 6. The maximum absolute atomic E-state index is 2.70. The van der Waals surface area contributed by atoms with Crippen LogP contribution >= 0.6 is 11.3 Å². The van der Waals surface area contributed by atoms with Crippen LogP contribution in [-0.2, 0) is 27.1 Å². The van der Waals surface area contributed by atoms with Gasteiger partial charge < -0.3 is 9.80 Å². The van der Waals surface area contributed by atoms with E-state index in [2.05, 4.69) is 222 Å². The summed E-state index contributed by atoms with van der Waals surface area (Å²) in [6.45, 7) is 33.3. The van der Waals surface area contributed by atoms with Gasteiger partial charge in [0.15, 0.2) is 0 Å². The second kappa shape index (κ2) is 14.0. The molecule has 7 aromatic rings. The molecule has 2 aliphatic heterocycles. The van der Waals surface area contributed by atoms with E-state index in [1.54, 1.807) is 0 Å². The lowest BCUT2D eigenvalue weighted by atomic mass is 9.35. The maximum atomic E-state index is 2.70. The van der Waals surface area contributed by atoms with Crippen LogP contribution in [0.4, 0.5) is 34.1 Å². The first-order valence-electron chi connectivity index (χ1n) is 23.3. The predicted octanol–water partition coefficient (Wildman–Crippen LogP) is 15.2. The summed E-state index contributed by atoms with van der Waals surface area (Å²) in [4.78, 5) is 5.36. The van der Waals surface area contributed by atoms with Gasteiger partial charge in [-0.25, -0.2) is 0 Å². The van der Waals surface area contributed by atoms with Crippen LogP contribution in [-0.4, -0.2) is 6.71 Å². The highest BCUT2D eigenvalue weighted by atomic mass is 32.1. The van der Waals surface area contributed by atoms with E-state index < -0.39 is 0 Å². The first kappa shape index (κ1) is 41.9. The highest BCUT2D eigenvalue weighted by Crippen LogP contribution is 2.54. The van der Waals surface area contributed by atoms with Crippen molar-refractivity contribution in [1.82, 2.24) is 0 Å². The lowest BCUT2D eigenvalue weighted by Crippen LogP contribution is -2.61. The van der Waals surface area contributed by atoms with Gasteiger partial charge in [-0.15, -0.1) is 11.3 Å². The Kier molecular flexibility index (Phi) is 9.30. The van der Waals surface area contributed by atoms with Crippen LogP contribution in [0.3, 0.4) is 0 Å². The van der Waals surface area contributed by atoms with E-state index in [0.717, 1.165) is 0 Å². The van der Waals surface area contributed by atoms with Gasteiger partial charge in [0.25, 0.3) is 6.71 Å². The monoisotopic (exact) mass is 844 g/mol. The van der Waals surface area contributed by atoms with E-state index in [0.29, 0.717) is 0 Å². The van der Waals surface area contributed by atoms with E-state index in [9.17, 15) is 0 Å². The Morgan fingerprint density at radius 2 is 1.13 bits per heavy atom. The van der Waals surface area contributed by atoms with Gasteiger partial charge in [-0.05, 0) is 146 Å². The topological polar surface area (TPSA) is 6.48 Å². The third kappa shape index (κ3) is 6.72. The summed E-state index contributed by atoms with van der Waals surface area (Å²) in [5.41, 5.74) is 21.4. The van der Waals surface area contributed by atoms with Crippen LogP contribution < -0.4 is 25.5 Å². The van der Waals surface area contributed by atoms with Crippen LogP contribution in [0.25, 0.3) is 21.2 Å². The molecule has 4 heteroatoms. The van der Waals surface area contributed by atoms with Crippen LogP contribution in [0.15, 0.2) is 115 Å². The molecule has 0 unspecified atom stereocenters. The molecule has 0 saturated heterocycles. The van der Waals surface area contributed by atoms with Crippen molar-refractivity contribution >= 4 is 78.0 Å². The zero-order valence-electron chi connectivity index (χ0n) is 40.3. The average molecular weight is 845 g/mol. The highest BCUT2D eigenvalue weighted by molar-refractivity contribution is 7.33. The molecular weight excluding hydrogens is 780 g/mol. The molecule has 3 aliphatic rings. The molecule has 0 amide bonds. The molecule has 0 radical (unpaired) electrons. The minimum atomic E-state index is -0.109. The van der Waals surface area contributed by atoms with E-state index in [4.69, 9.17) is 0 Å². The third-order valence-electron chi connectivity index (χ3n) is 14.8. The summed E-state index contributed by atoms with van der Waals surface area (Å²) in [6.07, 6.45) is 2.34. The van der Waals surface area contributed by atoms with Gasteiger partial charge in [0, 0.05) is 43.2 Å². The van der Waals surface area contributed by atoms with Crippen molar-refractivity contribution in [3.63, 3.8) is 0 Å². The summed E-state index contributed by atoms with van der Waals surface area (Å²) < 4.78 is 2.78. The molecule has 3 heterocycles. The van der Waals surface area contributed by atoms with Crippen LogP contribution in [0.2, 0.25) is 0 Å². The highest BCUT2D eigenvalue weighted by Gasteiger charge is 2.48. The number of rotatable bonds is 3. The molecule has 0 atom stereocenters. The zero-order valence-corrected chi connectivity index (χ0v) is 41.1. The number of thiophene rings is 1. The van der Waals surface area contributed by atoms with Crippen LogP contribution in [0.5, 0.6) is 0 Å². The van der Waals surface area contributed by atoms with Crippen LogP contribution in [0.1, 0.15) is 136 Å². The normalized spacial score (nSPS) is 16.4. The van der Waals surface area contributed by atoms with Crippen molar-refractivity contribution in [3.8, 4) is 11.1 Å². The first-order chi connectivity index (χ1) is 29.5. The summed E-state index contributed by atoms with van der Waals surface area (Å²) in [5, 5.41) is 1.34. The van der Waals surface area contributed by atoms with E-state index in [1.807, 2.05) is 11.3 Å². The Labute approximate surface area is 382 Å². The predicted molar refractivity (Wildman–Crippen MR) is 277 cm³/mol. The number of nitrogens with zero attached hydrogens (tertiary/aromatic N) is 2. The summed E-state index contributed by atoms with van der Waals surface area (Å²) >= 11 is 2.01. The third-order valence-corrected chi connectivity index (χ3v) is 16.1. The largest absolute Gasteiger partial charge is 0.311 e. The molecule has 63 heavy (non-hydrogen) atoms. The van der Waals surface area contributed by atoms with E-state index in [1.165, 1.54) is 117 Å². The zero-order chi connectivity index (χ0) is 44.8. The van der Waals surface area contributed by atoms with Crippen molar-refractivity contribution in [2.45, 2.75) is 137 Å². The Morgan fingerprint density at radius 1 is 0.540 bits per heavy atom. The van der Waals surface area contributed by atoms with Gasteiger partial charge in [0.2, 0.25) is 0 Å². The van der Waals surface area contributed by atoms with E-state index >= 15 is 0 Å². The summed E-state index contributed by atoms with van der Waals surface area (Å²) in [7, 11) is 0. The quantitative estimate of drug-likeness (QED) is 0.164. The standard InChI is InChI=1S/C59H65BN2S/c1-36-20-27-51-43(30-36)53-54(63-51)60-46-34-44-45(59(13,14)29-28-58(44,11)12)35-48(46)62(47-26-23-39(56(5,6)7)31-42(47)37-18-16-15-17-19-37)50-33-40(57(8,9)10)32-49(52(50)60)61(53)41-24-21-38(22-25-41)55(2,3)4/h15-27,30-35H,28-29H2,1-14H3. The molecular formula is C59H65BN2S. The number of benzene rings is 6. The fraction of sp³-hybridized carbons (Fsp3) is 0.356. The molecule has 10 rings (SSSR count). The average Bonchev–Trinajstić information content (AvgIpc) is 3.59. The van der Waals surface area contributed by atoms with Crippen molar-refractivity contribution in [2.75, 3.05) is 9.80 Å². The van der Waals surface area contributed by atoms with Gasteiger partial charge in [-0.3, -0.25) is 0 Å². The SMILES string of the molecule is Cc1ccc2sc3c(c2c1)N(c1ccc(C(C)(C)C)cc1)c1cc(C(C)(C)C)cc2c1B3c1cc3c(cc1N2c1ccc(C(C)(C)C)cc1-c1ccccc1)C(C)(C)CCC3(C)C. The molecule has 0 fully saturated rings. The lowest BCUT2D eigenvalue weighted by molar-refractivity contribution is 0.332. The first-order valence-corrected chi connectivity index (χ1v) is 24.2. The molecule has 6 aromatic carbocycles. The van der Waals surface area contributed by atoms with Crippen molar-refractivity contribution in [2.24, 2.45) is 0 Å². The molecule has 0 N–H and O–H groups in total. The maximum Gasteiger partial charge on any atom is 0.264 e. The number of hydrogen-bond acceptors (Lipinski definition) is 3. The van der Waals surface area contributed by atoms with Crippen molar-refractivity contribution in [3.05, 3.63) is 149 Å². The molecule has 320 valence electrons. The number of aryl methyl sites for hydroxylation is 1. The molecule has 0 bridgehead atoms. The Hall–Kier alpha value is -5.06. The second-order valence-electron chi connectivity index (χ2n) is 23.5. The van der Waals surface area contributed by atoms with Crippen molar-refractivity contribution in [1.29, 1.82) is 0 Å². The van der Waals surface area contributed by atoms with Crippen LogP contribution in [0, 0.1) is 6.92 Å². The second-order valence-corrected chi connectivity index (χ2v) is 24.5. The molecule has 1 aliphatic carbocycles. The summed E-state index contributed by atoms with van der Waals surface area (Å²) in [6, 6.07) is 45.5. The van der Waals surface area contributed by atoms with Gasteiger partial charge in [-0.2, -0.15) is 0 Å². The van der Waals surface area contributed by atoms with Gasteiger partial charge in [-0.1, -0.05) is 156 Å². The van der Waals surface area contributed by atoms with Gasteiger partial charge >= 0.3 is 0 Å². The number of fused-ring (bicyclic) bond motifs is 7. The minimum absolute atomic E-state index is 0.00801. The van der Waals surface area contributed by atoms with Gasteiger partial charge in [0.1, 0.15) is 0 Å². The summed E-state index contributed by atoms with van der Waals surface area (Å²) in [5.74, 6) is 0. The Balaban J connectivity index is 1.38. The lowest BCUT2D eigenvalue weighted by Gasteiger charge is -2.47. The molecule has 0 spiro atoms. The molecule has 0 saturated carbocycles. The van der Waals surface area contributed by atoms with Crippen molar-refractivity contribution < 1.29 is 0 Å². The number of hydrogen-bond donors (Lipinski definition) is 0. The smallest absolute Gasteiger partial charge is 0.264 e. The van der Waals surface area contributed by atoms with E-state index in [-0.39, 0.29) is 33.8 Å². The molecule has 1 aromatic heterocycles. The Morgan fingerprint density at radius 3 is 1.75 bits per heavy atom. The fourth-order valence-corrected chi connectivity index (χ4v) is 12.1.